The van der Waals surface area contributed by atoms with E-state index in [4.69, 9.17) is 4.74 Å². The van der Waals surface area contributed by atoms with E-state index in [-0.39, 0.29) is 11.3 Å². The van der Waals surface area contributed by atoms with Crippen LogP contribution < -0.4 is 0 Å². The summed E-state index contributed by atoms with van der Waals surface area (Å²) in [6.07, 6.45) is 0. The standard InChI is InChI=1S/C15H11BrO3/c16-14(17)13-9-5-4-8-12(13)10-19-15(18)11-6-2-1-3-7-11/h1-9H,10H2. The molecule has 0 heterocycles. The third-order valence-corrected chi connectivity index (χ3v) is 3.02. The van der Waals surface area contributed by atoms with Gasteiger partial charge in [-0.3, -0.25) is 4.79 Å². The van der Waals surface area contributed by atoms with Gasteiger partial charge in [0.15, 0.2) is 0 Å². The van der Waals surface area contributed by atoms with Crippen LogP contribution in [0.3, 0.4) is 0 Å². The molecule has 0 aromatic heterocycles. The SMILES string of the molecule is O=C(OCc1ccccc1C(=O)Br)c1ccccc1. The molecule has 0 bridgehead atoms. The van der Waals surface area contributed by atoms with Gasteiger partial charge >= 0.3 is 5.97 Å². The molecular weight excluding hydrogens is 308 g/mol. The maximum absolute atomic E-state index is 11.8. The number of carbonyl (C=O) groups is 2. The van der Waals surface area contributed by atoms with Gasteiger partial charge in [-0.1, -0.05) is 42.5 Å². The number of hydrogen-bond acceptors (Lipinski definition) is 3. The lowest BCUT2D eigenvalue weighted by Gasteiger charge is -2.07. The van der Waals surface area contributed by atoms with Gasteiger partial charge in [0.2, 0.25) is 4.69 Å². The Morgan fingerprint density at radius 2 is 1.58 bits per heavy atom. The largest absolute Gasteiger partial charge is 0.457 e. The summed E-state index contributed by atoms with van der Waals surface area (Å²) >= 11 is 2.91. The van der Waals surface area contributed by atoms with E-state index in [0.717, 1.165) is 0 Å². The van der Waals surface area contributed by atoms with Gasteiger partial charge in [0.25, 0.3) is 0 Å². The van der Waals surface area contributed by atoms with E-state index >= 15 is 0 Å². The van der Waals surface area contributed by atoms with Gasteiger partial charge in [0.1, 0.15) is 6.61 Å². The molecule has 4 heteroatoms. The van der Waals surface area contributed by atoms with Crippen molar-refractivity contribution >= 4 is 26.6 Å². The molecule has 0 amide bonds. The van der Waals surface area contributed by atoms with Crippen LogP contribution in [0.4, 0.5) is 0 Å². The third kappa shape index (κ3) is 3.51. The average molecular weight is 319 g/mol. The number of ether oxygens (including phenoxy) is 1. The molecule has 2 aromatic carbocycles. The Hall–Kier alpha value is -1.94. The summed E-state index contributed by atoms with van der Waals surface area (Å²) < 4.78 is 4.97. The van der Waals surface area contributed by atoms with Crippen molar-refractivity contribution in [2.75, 3.05) is 0 Å². The van der Waals surface area contributed by atoms with Crippen molar-refractivity contribution in [2.24, 2.45) is 0 Å². The van der Waals surface area contributed by atoms with Gasteiger partial charge in [0, 0.05) is 11.1 Å². The maximum Gasteiger partial charge on any atom is 0.338 e. The van der Waals surface area contributed by atoms with Gasteiger partial charge < -0.3 is 4.74 Å². The van der Waals surface area contributed by atoms with Crippen molar-refractivity contribution in [3.63, 3.8) is 0 Å². The topological polar surface area (TPSA) is 43.4 Å². The highest BCUT2D eigenvalue weighted by atomic mass is 79.9. The summed E-state index contributed by atoms with van der Waals surface area (Å²) in [7, 11) is 0. The first-order valence-electron chi connectivity index (χ1n) is 5.68. The van der Waals surface area contributed by atoms with Crippen LogP contribution in [0.1, 0.15) is 26.3 Å². The first kappa shape index (κ1) is 13.5. The third-order valence-electron chi connectivity index (χ3n) is 2.60. The van der Waals surface area contributed by atoms with E-state index in [1.165, 1.54) is 0 Å². The van der Waals surface area contributed by atoms with Crippen LogP contribution in [0.2, 0.25) is 0 Å². The number of benzene rings is 2. The van der Waals surface area contributed by atoms with Crippen molar-refractivity contribution in [1.29, 1.82) is 0 Å². The lowest BCUT2D eigenvalue weighted by molar-refractivity contribution is 0.0471. The Bertz CT molecular complexity index is 593. The Kier molecular flexibility index (Phi) is 4.47. The van der Waals surface area contributed by atoms with Crippen molar-refractivity contribution < 1.29 is 14.3 Å². The zero-order valence-corrected chi connectivity index (χ0v) is 11.6. The highest BCUT2D eigenvalue weighted by Gasteiger charge is 2.11. The smallest absolute Gasteiger partial charge is 0.338 e. The lowest BCUT2D eigenvalue weighted by Crippen LogP contribution is -2.07. The minimum Gasteiger partial charge on any atom is -0.457 e. The number of hydrogen-bond donors (Lipinski definition) is 0. The molecule has 0 N–H and O–H groups in total. The van der Waals surface area contributed by atoms with Crippen molar-refractivity contribution in [3.05, 3.63) is 71.3 Å². The molecule has 0 atom stereocenters. The van der Waals surface area contributed by atoms with Crippen molar-refractivity contribution in [2.45, 2.75) is 6.61 Å². The van der Waals surface area contributed by atoms with E-state index in [1.807, 2.05) is 6.07 Å². The molecule has 96 valence electrons. The van der Waals surface area contributed by atoms with Crippen LogP contribution in [-0.4, -0.2) is 10.7 Å². The molecule has 2 rings (SSSR count). The Morgan fingerprint density at radius 1 is 0.947 bits per heavy atom. The molecule has 0 spiro atoms. The molecule has 19 heavy (non-hydrogen) atoms. The summed E-state index contributed by atoms with van der Waals surface area (Å²) in [5.41, 5.74) is 1.67. The Labute approximate surface area is 119 Å². The molecule has 0 aliphatic rings. The fourth-order valence-corrected chi connectivity index (χ4v) is 2.03. The second-order valence-corrected chi connectivity index (χ2v) is 4.59. The molecule has 0 radical (unpaired) electrons. The number of halogens is 1. The summed E-state index contributed by atoms with van der Waals surface area (Å²) in [6, 6.07) is 15.7. The van der Waals surface area contributed by atoms with Crippen molar-refractivity contribution in [1.82, 2.24) is 0 Å². The highest BCUT2D eigenvalue weighted by Crippen LogP contribution is 2.14. The summed E-state index contributed by atoms with van der Waals surface area (Å²) in [6.45, 7) is 0.0707. The highest BCUT2D eigenvalue weighted by molar-refractivity contribution is 9.18. The van der Waals surface area contributed by atoms with Crippen LogP contribution in [0.25, 0.3) is 0 Å². The van der Waals surface area contributed by atoms with E-state index in [0.29, 0.717) is 16.7 Å². The monoisotopic (exact) mass is 318 g/mol. The van der Waals surface area contributed by atoms with E-state index in [2.05, 4.69) is 15.9 Å². The molecular formula is C15H11BrO3. The first-order valence-corrected chi connectivity index (χ1v) is 6.47. The Balaban J connectivity index is 2.07. The molecule has 0 saturated carbocycles. The minimum atomic E-state index is -0.405. The Morgan fingerprint density at radius 3 is 2.26 bits per heavy atom. The predicted octanol–water partition coefficient (Wildman–Crippen LogP) is 3.58. The number of carbonyl (C=O) groups excluding carboxylic acids is 2. The quantitative estimate of drug-likeness (QED) is 0.639. The van der Waals surface area contributed by atoms with Crippen LogP contribution in [0.15, 0.2) is 54.6 Å². The van der Waals surface area contributed by atoms with E-state index < -0.39 is 5.97 Å². The maximum atomic E-state index is 11.8. The van der Waals surface area contributed by atoms with Crippen LogP contribution in [0, 0.1) is 0 Å². The molecule has 2 aromatic rings. The second-order valence-electron chi connectivity index (χ2n) is 3.87. The summed E-state index contributed by atoms with van der Waals surface area (Å²) in [4.78, 5) is 23.1. The van der Waals surface area contributed by atoms with E-state index in [9.17, 15) is 9.59 Å². The van der Waals surface area contributed by atoms with Crippen LogP contribution >= 0.6 is 15.9 Å². The summed E-state index contributed by atoms with van der Waals surface area (Å²) in [5.74, 6) is -0.405. The molecule has 0 unspecified atom stereocenters. The van der Waals surface area contributed by atoms with Gasteiger partial charge in [-0.05, 0) is 28.1 Å². The fourth-order valence-electron chi connectivity index (χ4n) is 1.64. The summed E-state index contributed by atoms with van der Waals surface area (Å²) in [5, 5.41) is 0. The van der Waals surface area contributed by atoms with E-state index in [1.54, 1.807) is 48.5 Å². The molecule has 0 saturated heterocycles. The molecule has 0 aliphatic heterocycles. The normalized spacial score (nSPS) is 9.95. The minimum absolute atomic E-state index is 0.0707. The van der Waals surface area contributed by atoms with Crippen LogP contribution in [0.5, 0.6) is 0 Å². The zero-order chi connectivity index (χ0) is 13.7. The zero-order valence-electron chi connectivity index (χ0n) is 10.0. The molecule has 0 aliphatic carbocycles. The number of rotatable bonds is 4. The molecule has 3 nitrogen and oxygen atoms in total. The average Bonchev–Trinajstić information content (AvgIpc) is 2.46. The van der Waals surface area contributed by atoms with Gasteiger partial charge in [-0.25, -0.2) is 4.79 Å². The van der Waals surface area contributed by atoms with Gasteiger partial charge in [-0.2, -0.15) is 0 Å². The lowest BCUT2D eigenvalue weighted by atomic mass is 10.1. The fraction of sp³-hybridized carbons (Fsp3) is 0.0667. The predicted molar refractivity (Wildman–Crippen MR) is 75.3 cm³/mol. The second kappa shape index (κ2) is 6.29. The number of esters is 1. The van der Waals surface area contributed by atoms with Gasteiger partial charge in [0.05, 0.1) is 5.56 Å². The first-order chi connectivity index (χ1) is 9.18. The van der Waals surface area contributed by atoms with Crippen molar-refractivity contribution in [3.8, 4) is 0 Å². The van der Waals surface area contributed by atoms with Crippen LogP contribution in [-0.2, 0) is 11.3 Å². The molecule has 0 fully saturated rings. The van der Waals surface area contributed by atoms with Gasteiger partial charge in [-0.15, -0.1) is 0 Å².